The van der Waals surface area contributed by atoms with E-state index in [0.717, 1.165) is 3.57 Å². The van der Waals surface area contributed by atoms with Gasteiger partial charge in [-0.3, -0.25) is 4.79 Å². The van der Waals surface area contributed by atoms with Crippen molar-refractivity contribution in [1.29, 1.82) is 0 Å². The third-order valence-electron chi connectivity index (χ3n) is 2.55. The van der Waals surface area contributed by atoms with Crippen LogP contribution >= 0.6 is 22.6 Å². The molecule has 0 radical (unpaired) electrons. The van der Waals surface area contributed by atoms with Gasteiger partial charge in [-0.15, -0.1) is 0 Å². The molecular formula is C14H12INO3. The van der Waals surface area contributed by atoms with Crippen molar-refractivity contribution in [1.82, 2.24) is 0 Å². The van der Waals surface area contributed by atoms with Crippen LogP contribution < -0.4 is 10.1 Å². The summed E-state index contributed by atoms with van der Waals surface area (Å²) in [6.07, 6.45) is 0. The van der Waals surface area contributed by atoms with Gasteiger partial charge in [-0.05, 0) is 65.1 Å². The molecule has 4 nitrogen and oxygen atoms in total. The molecule has 0 aliphatic rings. The van der Waals surface area contributed by atoms with Crippen LogP contribution in [0.3, 0.4) is 0 Å². The third-order valence-corrected chi connectivity index (χ3v) is 3.27. The number of anilines is 1. The van der Waals surface area contributed by atoms with Gasteiger partial charge in [-0.2, -0.15) is 0 Å². The second-order valence-electron chi connectivity index (χ2n) is 3.84. The van der Waals surface area contributed by atoms with Gasteiger partial charge in [0.15, 0.2) is 0 Å². The van der Waals surface area contributed by atoms with Crippen molar-refractivity contribution in [2.75, 3.05) is 12.4 Å². The number of phenols is 1. The first kappa shape index (κ1) is 13.7. The largest absolute Gasteiger partial charge is 0.507 e. The van der Waals surface area contributed by atoms with Crippen LogP contribution in [0.15, 0.2) is 42.5 Å². The number of amides is 1. The number of halogens is 1. The van der Waals surface area contributed by atoms with Crippen molar-refractivity contribution in [2.45, 2.75) is 0 Å². The molecule has 0 bridgehead atoms. The van der Waals surface area contributed by atoms with Crippen molar-refractivity contribution in [3.63, 3.8) is 0 Å². The molecule has 19 heavy (non-hydrogen) atoms. The van der Waals surface area contributed by atoms with Crippen molar-refractivity contribution >= 4 is 34.2 Å². The van der Waals surface area contributed by atoms with Gasteiger partial charge in [-0.1, -0.05) is 0 Å². The van der Waals surface area contributed by atoms with E-state index in [0.29, 0.717) is 11.4 Å². The number of carbonyl (C=O) groups excluding carboxylic acids is 1. The Morgan fingerprint density at radius 2 is 1.89 bits per heavy atom. The first-order chi connectivity index (χ1) is 9.10. The van der Waals surface area contributed by atoms with E-state index in [1.54, 1.807) is 18.2 Å². The van der Waals surface area contributed by atoms with Crippen molar-refractivity contribution < 1.29 is 14.6 Å². The lowest BCUT2D eigenvalue weighted by Crippen LogP contribution is -2.12. The zero-order valence-corrected chi connectivity index (χ0v) is 12.3. The maximum absolute atomic E-state index is 12.1. The molecule has 0 heterocycles. The lowest BCUT2D eigenvalue weighted by molar-refractivity contribution is 0.102. The summed E-state index contributed by atoms with van der Waals surface area (Å²) in [6.45, 7) is 0. The predicted octanol–water partition coefficient (Wildman–Crippen LogP) is 3.26. The Hall–Kier alpha value is -1.76. The van der Waals surface area contributed by atoms with E-state index in [2.05, 4.69) is 27.9 Å². The van der Waals surface area contributed by atoms with Crippen LogP contribution in [0.25, 0.3) is 0 Å². The molecule has 0 aromatic heterocycles. The highest BCUT2D eigenvalue weighted by molar-refractivity contribution is 14.1. The monoisotopic (exact) mass is 369 g/mol. The van der Waals surface area contributed by atoms with Crippen LogP contribution in [0.5, 0.6) is 11.5 Å². The molecule has 2 N–H and O–H groups in total. The third kappa shape index (κ3) is 3.37. The van der Waals surface area contributed by atoms with Gasteiger partial charge >= 0.3 is 0 Å². The molecule has 0 saturated carbocycles. The molecule has 0 aliphatic heterocycles. The minimum absolute atomic E-state index is 0.0798. The fourth-order valence-electron chi connectivity index (χ4n) is 1.56. The summed E-state index contributed by atoms with van der Waals surface area (Å²) in [5, 5.41) is 12.4. The quantitative estimate of drug-likeness (QED) is 0.817. The molecular weight excluding hydrogens is 357 g/mol. The van der Waals surface area contributed by atoms with Crippen LogP contribution in [0.1, 0.15) is 10.4 Å². The molecule has 5 heteroatoms. The van der Waals surface area contributed by atoms with Crippen molar-refractivity contribution in [2.24, 2.45) is 0 Å². The number of nitrogens with one attached hydrogen (secondary N) is 1. The van der Waals surface area contributed by atoms with E-state index in [4.69, 9.17) is 4.74 Å². The van der Waals surface area contributed by atoms with Gasteiger partial charge in [0, 0.05) is 9.26 Å². The van der Waals surface area contributed by atoms with Gasteiger partial charge in [0.2, 0.25) is 0 Å². The molecule has 0 atom stereocenters. The van der Waals surface area contributed by atoms with Crippen molar-refractivity contribution in [3.8, 4) is 11.5 Å². The first-order valence-corrected chi connectivity index (χ1v) is 6.62. The average molecular weight is 369 g/mol. The Labute approximate surface area is 124 Å². The highest BCUT2D eigenvalue weighted by Crippen LogP contribution is 2.24. The molecule has 0 unspecified atom stereocenters. The van der Waals surface area contributed by atoms with E-state index in [-0.39, 0.29) is 17.2 Å². The predicted molar refractivity (Wildman–Crippen MR) is 81.8 cm³/mol. The van der Waals surface area contributed by atoms with Crippen LogP contribution in [0.2, 0.25) is 0 Å². The zero-order chi connectivity index (χ0) is 13.8. The van der Waals surface area contributed by atoms with Gasteiger partial charge < -0.3 is 15.2 Å². The SMILES string of the molecule is COc1ccc(O)c(C(=O)Nc2ccc(I)cc2)c1. The zero-order valence-electron chi connectivity index (χ0n) is 10.2. The number of benzene rings is 2. The lowest BCUT2D eigenvalue weighted by Gasteiger charge is -2.08. The van der Waals surface area contributed by atoms with E-state index in [1.807, 2.05) is 12.1 Å². The molecule has 2 aromatic carbocycles. The van der Waals surface area contributed by atoms with Gasteiger partial charge in [-0.25, -0.2) is 0 Å². The molecule has 0 spiro atoms. The maximum atomic E-state index is 12.1. The second-order valence-corrected chi connectivity index (χ2v) is 5.09. The summed E-state index contributed by atoms with van der Waals surface area (Å²) in [7, 11) is 1.51. The van der Waals surface area contributed by atoms with Crippen LogP contribution in [-0.4, -0.2) is 18.1 Å². The second kappa shape index (κ2) is 5.92. The molecule has 2 aromatic rings. The number of hydrogen-bond acceptors (Lipinski definition) is 3. The summed E-state index contributed by atoms with van der Waals surface area (Å²) in [6, 6.07) is 11.9. The summed E-state index contributed by atoms with van der Waals surface area (Å²) in [5.74, 6) is 0.0620. The summed E-state index contributed by atoms with van der Waals surface area (Å²) < 4.78 is 6.12. The number of phenolic OH excluding ortho intramolecular Hbond substituents is 1. The standard InChI is InChI=1S/C14H12INO3/c1-19-11-6-7-13(17)12(8-11)14(18)16-10-4-2-9(15)3-5-10/h2-8,17H,1H3,(H,16,18). The number of methoxy groups -OCH3 is 1. The molecule has 0 fully saturated rings. The average Bonchev–Trinajstić information content (AvgIpc) is 2.42. The van der Waals surface area contributed by atoms with E-state index in [1.165, 1.54) is 19.2 Å². The summed E-state index contributed by atoms with van der Waals surface area (Å²) in [5.41, 5.74) is 0.852. The molecule has 0 aliphatic carbocycles. The van der Waals surface area contributed by atoms with Gasteiger partial charge in [0.05, 0.1) is 12.7 Å². The highest BCUT2D eigenvalue weighted by atomic mass is 127. The van der Waals surface area contributed by atoms with Gasteiger partial charge in [0.25, 0.3) is 5.91 Å². The summed E-state index contributed by atoms with van der Waals surface area (Å²) in [4.78, 5) is 12.1. The molecule has 1 amide bonds. The first-order valence-electron chi connectivity index (χ1n) is 5.54. The van der Waals surface area contributed by atoms with Gasteiger partial charge in [0.1, 0.15) is 11.5 Å². The Bertz CT molecular complexity index is 596. The Morgan fingerprint density at radius 1 is 1.21 bits per heavy atom. The van der Waals surface area contributed by atoms with Crippen LogP contribution in [0, 0.1) is 3.57 Å². The number of rotatable bonds is 3. The molecule has 0 saturated heterocycles. The number of carbonyl (C=O) groups is 1. The Morgan fingerprint density at radius 3 is 2.53 bits per heavy atom. The van der Waals surface area contributed by atoms with E-state index < -0.39 is 0 Å². The minimum atomic E-state index is -0.377. The molecule has 98 valence electrons. The number of aromatic hydroxyl groups is 1. The van der Waals surface area contributed by atoms with Crippen LogP contribution in [0.4, 0.5) is 5.69 Å². The highest BCUT2D eigenvalue weighted by Gasteiger charge is 2.12. The topological polar surface area (TPSA) is 58.6 Å². The summed E-state index contributed by atoms with van der Waals surface area (Å²) >= 11 is 2.19. The fourth-order valence-corrected chi connectivity index (χ4v) is 1.92. The smallest absolute Gasteiger partial charge is 0.259 e. The minimum Gasteiger partial charge on any atom is -0.507 e. The Kier molecular flexibility index (Phi) is 4.26. The van der Waals surface area contributed by atoms with Crippen molar-refractivity contribution in [3.05, 3.63) is 51.6 Å². The molecule has 2 rings (SSSR count). The van der Waals surface area contributed by atoms with E-state index >= 15 is 0 Å². The normalized spacial score (nSPS) is 10.0. The number of hydrogen-bond donors (Lipinski definition) is 2. The van der Waals surface area contributed by atoms with E-state index in [9.17, 15) is 9.90 Å². The fraction of sp³-hybridized carbons (Fsp3) is 0.0714. The lowest BCUT2D eigenvalue weighted by atomic mass is 10.1. The number of ether oxygens (including phenoxy) is 1. The maximum Gasteiger partial charge on any atom is 0.259 e. The Balaban J connectivity index is 2.22. The van der Waals surface area contributed by atoms with Crippen LogP contribution in [-0.2, 0) is 0 Å².